The molecule has 0 aliphatic carbocycles. The van der Waals surface area contributed by atoms with E-state index in [9.17, 15) is 4.79 Å². The number of hydrogen-bond acceptors (Lipinski definition) is 6. The number of aryl methyl sites for hydroxylation is 1. The zero-order valence-electron chi connectivity index (χ0n) is 13.3. The fraction of sp³-hybridized carbons (Fsp3) is 0.111. The van der Waals surface area contributed by atoms with Gasteiger partial charge in [-0.15, -0.1) is 0 Å². The number of rotatable bonds is 4. The minimum Gasteiger partial charge on any atom is -0.463 e. The van der Waals surface area contributed by atoms with E-state index < -0.39 is 0 Å². The van der Waals surface area contributed by atoms with Crippen molar-refractivity contribution in [3.05, 3.63) is 60.6 Å². The third kappa shape index (κ3) is 2.87. The quantitative estimate of drug-likeness (QED) is 0.616. The van der Waals surface area contributed by atoms with Crippen LogP contribution in [0.25, 0.3) is 22.6 Å². The fourth-order valence-corrected chi connectivity index (χ4v) is 2.70. The molecule has 0 spiro atoms. The van der Waals surface area contributed by atoms with Gasteiger partial charge in [-0.05, 0) is 24.1 Å². The minimum atomic E-state index is -0.102. The van der Waals surface area contributed by atoms with E-state index in [0.717, 1.165) is 5.56 Å². The third-order valence-corrected chi connectivity index (χ3v) is 3.91. The molecule has 0 aliphatic rings. The Hall–Kier alpha value is -3.48. The minimum absolute atomic E-state index is 0.0662. The van der Waals surface area contributed by atoms with Gasteiger partial charge in [0.05, 0.1) is 6.26 Å². The summed E-state index contributed by atoms with van der Waals surface area (Å²) in [4.78, 5) is 25.3. The summed E-state index contributed by atoms with van der Waals surface area (Å²) in [6.07, 6.45) is 3.99. The largest absolute Gasteiger partial charge is 0.463 e. The van der Waals surface area contributed by atoms with Crippen LogP contribution in [0.1, 0.15) is 16.8 Å². The Labute approximate surface area is 143 Å². The molecule has 3 heterocycles. The van der Waals surface area contributed by atoms with Gasteiger partial charge in [-0.3, -0.25) is 9.36 Å². The highest BCUT2D eigenvalue weighted by Crippen LogP contribution is 2.26. The third-order valence-electron chi connectivity index (χ3n) is 3.91. The molecule has 0 radical (unpaired) electrons. The van der Waals surface area contributed by atoms with E-state index in [1.54, 1.807) is 18.4 Å². The van der Waals surface area contributed by atoms with Crippen molar-refractivity contribution < 1.29 is 9.21 Å². The number of nitrogen functional groups attached to an aromatic ring is 1. The van der Waals surface area contributed by atoms with Gasteiger partial charge in [-0.1, -0.05) is 30.3 Å². The molecule has 7 nitrogen and oxygen atoms in total. The summed E-state index contributed by atoms with van der Waals surface area (Å²) >= 11 is 0. The Bertz CT molecular complexity index is 1020. The normalized spacial score (nSPS) is 11.0. The smallest absolute Gasteiger partial charge is 0.233 e. The van der Waals surface area contributed by atoms with Crippen LogP contribution in [0.15, 0.2) is 59.5 Å². The summed E-state index contributed by atoms with van der Waals surface area (Å²) in [7, 11) is 0. The molecule has 0 fully saturated rings. The van der Waals surface area contributed by atoms with Crippen molar-refractivity contribution >= 4 is 23.0 Å². The average molecular weight is 333 g/mol. The fourth-order valence-electron chi connectivity index (χ4n) is 2.70. The average Bonchev–Trinajstić information content (AvgIpc) is 3.29. The van der Waals surface area contributed by atoms with Crippen LogP contribution in [0.2, 0.25) is 0 Å². The van der Waals surface area contributed by atoms with Crippen molar-refractivity contribution in [2.75, 3.05) is 5.73 Å². The number of hydrogen-bond donors (Lipinski definition) is 1. The number of anilines is 1. The molecular weight excluding hydrogens is 318 g/mol. The molecule has 0 aliphatic heterocycles. The van der Waals surface area contributed by atoms with Crippen LogP contribution < -0.4 is 5.73 Å². The highest BCUT2D eigenvalue weighted by atomic mass is 16.3. The lowest BCUT2D eigenvalue weighted by molar-refractivity contribution is 0.0907. The van der Waals surface area contributed by atoms with Crippen molar-refractivity contribution in [1.29, 1.82) is 0 Å². The van der Waals surface area contributed by atoms with Crippen LogP contribution >= 0.6 is 0 Å². The Morgan fingerprint density at radius 3 is 2.72 bits per heavy atom. The highest BCUT2D eigenvalue weighted by Gasteiger charge is 2.18. The zero-order chi connectivity index (χ0) is 17.2. The number of fused-ring (bicyclic) bond motifs is 1. The molecule has 0 unspecified atom stereocenters. The summed E-state index contributed by atoms with van der Waals surface area (Å²) in [5.41, 5.74) is 8.25. The molecule has 3 aromatic heterocycles. The summed E-state index contributed by atoms with van der Waals surface area (Å²) in [5, 5.41) is 0. The van der Waals surface area contributed by atoms with Gasteiger partial charge in [0.25, 0.3) is 0 Å². The monoisotopic (exact) mass is 333 g/mol. The molecule has 0 amide bonds. The molecule has 4 rings (SSSR count). The molecule has 0 bridgehead atoms. The van der Waals surface area contributed by atoms with Crippen molar-refractivity contribution in [3.8, 4) is 11.5 Å². The number of nitrogens with zero attached hydrogens (tertiary/aromatic N) is 4. The van der Waals surface area contributed by atoms with Crippen molar-refractivity contribution in [3.63, 3.8) is 0 Å². The van der Waals surface area contributed by atoms with E-state index in [-0.39, 0.29) is 11.9 Å². The number of benzene rings is 1. The van der Waals surface area contributed by atoms with E-state index >= 15 is 0 Å². The van der Waals surface area contributed by atoms with Crippen LogP contribution in [-0.4, -0.2) is 25.4 Å². The Balaban J connectivity index is 1.67. The van der Waals surface area contributed by atoms with E-state index in [0.29, 0.717) is 35.5 Å². The second-order valence-corrected chi connectivity index (χ2v) is 5.57. The molecule has 25 heavy (non-hydrogen) atoms. The summed E-state index contributed by atoms with van der Waals surface area (Å²) in [5.74, 6) is 0.493. The van der Waals surface area contributed by atoms with E-state index in [4.69, 9.17) is 10.2 Å². The number of carbonyl (C=O) groups excluding carboxylic acids is 1. The second kappa shape index (κ2) is 6.20. The number of aromatic nitrogens is 4. The summed E-state index contributed by atoms with van der Waals surface area (Å²) in [6.45, 7) is 0. The number of imidazole rings is 1. The molecule has 0 saturated heterocycles. The standard InChI is InChI=1S/C18H15N5O2/c19-18-21-15(13-7-4-10-25-13)16-17(22-18)23(11-20-16)14(24)9-8-12-5-2-1-3-6-12/h1-7,10-11H,8-9H2,(H2,19,21,22). The molecule has 124 valence electrons. The van der Waals surface area contributed by atoms with Gasteiger partial charge in [-0.2, -0.15) is 4.98 Å². The van der Waals surface area contributed by atoms with Crippen LogP contribution in [0.5, 0.6) is 0 Å². The van der Waals surface area contributed by atoms with Gasteiger partial charge in [-0.25, -0.2) is 9.97 Å². The predicted molar refractivity (Wildman–Crippen MR) is 92.8 cm³/mol. The van der Waals surface area contributed by atoms with E-state index in [1.165, 1.54) is 10.9 Å². The van der Waals surface area contributed by atoms with Gasteiger partial charge in [0, 0.05) is 6.42 Å². The van der Waals surface area contributed by atoms with Crippen LogP contribution in [0.3, 0.4) is 0 Å². The first-order valence-corrected chi connectivity index (χ1v) is 7.84. The second-order valence-electron chi connectivity index (χ2n) is 5.57. The lowest BCUT2D eigenvalue weighted by atomic mass is 10.1. The van der Waals surface area contributed by atoms with Gasteiger partial charge >= 0.3 is 0 Å². The van der Waals surface area contributed by atoms with Crippen molar-refractivity contribution in [1.82, 2.24) is 19.5 Å². The number of furan rings is 1. The van der Waals surface area contributed by atoms with Crippen LogP contribution in [0, 0.1) is 0 Å². The zero-order valence-corrected chi connectivity index (χ0v) is 13.3. The topological polar surface area (TPSA) is 99.8 Å². The maximum atomic E-state index is 12.6. The Morgan fingerprint density at radius 2 is 1.96 bits per heavy atom. The Kier molecular flexibility index (Phi) is 3.74. The van der Waals surface area contributed by atoms with Gasteiger partial charge in [0.1, 0.15) is 17.5 Å². The maximum Gasteiger partial charge on any atom is 0.233 e. The van der Waals surface area contributed by atoms with Crippen molar-refractivity contribution in [2.45, 2.75) is 12.8 Å². The maximum absolute atomic E-state index is 12.6. The molecule has 1 aromatic carbocycles. The molecule has 2 N–H and O–H groups in total. The Morgan fingerprint density at radius 1 is 1.12 bits per heavy atom. The number of nitrogens with two attached hydrogens (primary N) is 1. The molecule has 0 atom stereocenters. The van der Waals surface area contributed by atoms with E-state index in [2.05, 4.69) is 15.0 Å². The van der Waals surface area contributed by atoms with Gasteiger partial charge in [0.15, 0.2) is 11.4 Å². The summed E-state index contributed by atoms with van der Waals surface area (Å²) in [6, 6.07) is 13.4. The SMILES string of the molecule is Nc1nc(-c2ccco2)c2ncn(C(=O)CCc3ccccc3)c2n1. The first-order chi connectivity index (χ1) is 12.2. The lowest BCUT2D eigenvalue weighted by Gasteiger charge is -2.04. The van der Waals surface area contributed by atoms with Crippen LogP contribution in [-0.2, 0) is 6.42 Å². The number of carbonyl (C=O) groups is 1. The van der Waals surface area contributed by atoms with Gasteiger partial charge in [0.2, 0.25) is 11.9 Å². The molecule has 7 heteroatoms. The van der Waals surface area contributed by atoms with Crippen LogP contribution in [0.4, 0.5) is 5.95 Å². The molecule has 4 aromatic rings. The molecule has 0 saturated carbocycles. The highest BCUT2D eigenvalue weighted by molar-refractivity contribution is 5.93. The van der Waals surface area contributed by atoms with Crippen molar-refractivity contribution in [2.24, 2.45) is 0 Å². The van der Waals surface area contributed by atoms with Gasteiger partial charge < -0.3 is 10.2 Å². The molecular formula is C18H15N5O2. The van der Waals surface area contributed by atoms with E-state index in [1.807, 2.05) is 30.3 Å². The first kappa shape index (κ1) is 15.1. The summed E-state index contributed by atoms with van der Waals surface area (Å²) < 4.78 is 6.80. The predicted octanol–water partition coefficient (Wildman–Crippen LogP) is 2.94. The lowest BCUT2D eigenvalue weighted by Crippen LogP contribution is -2.12. The first-order valence-electron chi connectivity index (χ1n) is 7.84.